The number of hydrogen-bond donors (Lipinski definition) is 1. The number of carbonyl (C=O) groups excluding carboxylic acids is 2. The first-order valence-electron chi connectivity index (χ1n) is 11.3. The van der Waals surface area contributed by atoms with Crippen LogP contribution in [-0.2, 0) is 10.2 Å². The largest absolute Gasteiger partial charge is 0.493 e. The fourth-order valence-electron chi connectivity index (χ4n) is 3.14. The van der Waals surface area contributed by atoms with Gasteiger partial charge in [0, 0.05) is 12.1 Å². The van der Waals surface area contributed by atoms with E-state index in [1.807, 2.05) is 24.3 Å². The summed E-state index contributed by atoms with van der Waals surface area (Å²) >= 11 is 0. The van der Waals surface area contributed by atoms with E-state index in [-0.39, 0.29) is 34.8 Å². The highest BCUT2D eigenvalue weighted by Gasteiger charge is 2.15. The van der Waals surface area contributed by atoms with E-state index in [4.69, 9.17) is 14.2 Å². The lowest BCUT2D eigenvalue weighted by Gasteiger charge is -2.19. The molecule has 3 aromatic carbocycles. The van der Waals surface area contributed by atoms with Gasteiger partial charge in [0.05, 0.1) is 23.8 Å². The Hall–Kier alpha value is -4.73. The number of carbonyl (C=O) groups is 2. The van der Waals surface area contributed by atoms with E-state index in [9.17, 15) is 19.7 Å². The molecular formula is C27H27N3O7. The Bertz CT molecular complexity index is 1300. The molecule has 1 N–H and O–H groups in total. The Kier molecular flexibility index (Phi) is 8.57. The SMILES string of the molecule is COc1cc(/C=N/NC(=O)COc2ccc(C(C)(C)C)cc2)ccc1OC(=O)c1ccc([N+](=O)[O-])cc1. The Morgan fingerprint density at radius 1 is 1.00 bits per heavy atom. The van der Waals surface area contributed by atoms with Crippen LogP contribution in [0.25, 0.3) is 0 Å². The maximum Gasteiger partial charge on any atom is 0.343 e. The fourth-order valence-corrected chi connectivity index (χ4v) is 3.14. The standard InChI is InChI=1S/C27H27N3O7/c1-27(2,3)20-8-12-22(13-9-20)36-17-25(31)29-28-16-18-5-14-23(24(15-18)35-4)37-26(32)19-6-10-21(11-7-19)30(33)34/h5-16H,17H2,1-4H3,(H,29,31)/b28-16+. The normalized spacial score (nSPS) is 11.1. The van der Waals surface area contributed by atoms with Gasteiger partial charge in [0.15, 0.2) is 18.1 Å². The van der Waals surface area contributed by atoms with Crippen LogP contribution in [0.1, 0.15) is 42.3 Å². The summed E-state index contributed by atoms with van der Waals surface area (Å²) in [5.74, 6) is -0.145. The molecule has 0 aromatic heterocycles. The molecule has 3 rings (SSSR count). The van der Waals surface area contributed by atoms with Gasteiger partial charge in [-0.15, -0.1) is 0 Å². The molecule has 3 aromatic rings. The smallest absolute Gasteiger partial charge is 0.343 e. The minimum absolute atomic E-state index is 0.0281. The number of nitro benzene ring substituents is 1. The lowest BCUT2D eigenvalue weighted by Crippen LogP contribution is -2.24. The van der Waals surface area contributed by atoms with Crippen molar-refractivity contribution in [2.45, 2.75) is 26.2 Å². The summed E-state index contributed by atoms with van der Waals surface area (Å²) in [7, 11) is 1.41. The first kappa shape index (κ1) is 26.9. The number of benzene rings is 3. The molecule has 0 atom stereocenters. The van der Waals surface area contributed by atoms with Gasteiger partial charge in [0.2, 0.25) is 0 Å². The van der Waals surface area contributed by atoms with Crippen molar-refractivity contribution in [3.8, 4) is 17.2 Å². The lowest BCUT2D eigenvalue weighted by molar-refractivity contribution is -0.384. The van der Waals surface area contributed by atoms with Gasteiger partial charge in [0.1, 0.15) is 5.75 Å². The van der Waals surface area contributed by atoms with Gasteiger partial charge < -0.3 is 14.2 Å². The van der Waals surface area contributed by atoms with Gasteiger partial charge in [-0.1, -0.05) is 32.9 Å². The summed E-state index contributed by atoms with van der Waals surface area (Å²) in [4.78, 5) is 34.6. The van der Waals surface area contributed by atoms with E-state index in [1.165, 1.54) is 43.7 Å². The molecule has 0 saturated heterocycles. The summed E-state index contributed by atoms with van der Waals surface area (Å²) in [6.07, 6.45) is 1.40. The highest BCUT2D eigenvalue weighted by molar-refractivity contribution is 5.92. The van der Waals surface area contributed by atoms with Crippen molar-refractivity contribution in [1.82, 2.24) is 5.43 Å². The number of methoxy groups -OCH3 is 1. The van der Waals surface area contributed by atoms with Gasteiger partial charge >= 0.3 is 5.97 Å². The second-order valence-corrected chi connectivity index (χ2v) is 8.96. The zero-order valence-electron chi connectivity index (χ0n) is 20.9. The summed E-state index contributed by atoms with van der Waals surface area (Å²) in [5, 5.41) is 14.7. The predicted molar refractivity (Wildman–Crippen MR) is 137 cm³/mol. The minimum Gasteiger partial charge on any atom is -0.493 e. The topological polar surface area (TPSA) is 129 Å². The van der Waals surface area contributed by atoms with Crippen molar-refractivity contribution < 1.29 is 28.7 Å². The van der Waals surface area contributed by atoms with Crippen LogP contribution in [0.2, 0.25) is 0 Å². The third-order valence-electron chi connectivity index (χ3n) is 5.20. The van der Waals surface area contributed by atoms with E-state index in [0.717, 1.165) is 5.56 Å². The number of hydrazone groups is 1. The van der Waals surface area contributed by atoms with E-state index in [1.54, 1.807) is 12.1 Å². The lowest BCUT2D eigenvalue weighted by atomic mass is 9.87. The van der Waals surface area contributed by atoms with Crippen LogP contribution >= 0.6 is 0 Å². The molecule has 0 heterocycles. The van der Waals surface area contributed by atoms with E-state index < -0.39 is 16.8 Å². The van der Waals surface area contributed by atoms with Crippen LogP contribution in [-0.4, -0.2) is 36.7 Å². The molecule has 0 radical (unpaired) electrons. The molecular weight excluding hydrogens is 478 g/mol. The molecule has 0 aliphatic heterocycles. The Balaban J connectivity index is 1.54. The maximum atomic E-state index is 12.4. The summed E-state index contributed by atoms with van der Waals surface area (Å²) in [6.45, 7) is 6.15. The number of nitrogens with one attached hydrogen (secondary N) is 1. The molecule has 0 saturated carbocycles. The second-order valence-electron chi connectivity index (χ2n) is 8.96. The number of non-ortho nitro benzene ring substituents is 1. The van der Waals surface area contributed by atoms with Crippen LogP contribution in [0.4, 0.5) is 5.69 Å². The van der Waals surface area contributed by atoms with Crippen LogP contribution < -0.4 is 19.6 Å². The van der Waals surface area contributed by atoms with Gasteiger partial charge in [-0.2, -0.15) is 5.10 Å². The quantitative estimate of drug-likeness (QED) is 0.147. The summed E-state index contributed by atoms with van der Waals surface area (Å²) in [6, 6.07) is 17.3. The molecule has 37 heavy (non-hydrogen) atoms. The Morgan fingerprint density at radius 2 is 1.68 bits per heavy atom. The Labute approximate surface area is 214 Å². The monoisotopic (exact) mass is 505 g/mol. The van der Waals surface area contributed by atoms with Crippen LogP contribution in [0.3, 0.4) is 0 Å². The van der Waals surface area contributed by atoms with Gasteiger partial charge in [-0.3, -0.25) is 14.9 Å². The zero-order chi connectivity index (χ0) is 27.0. The van der Waals surface area contributed by atoms with E-state index >= 15 is 0 Å². The van der Waals surface area contributed by atoms with Crippen molar-refractivity contribution >= 4 is 23.8 Å². The predicted octanol–water partition coefficient (Wildman–Crippen LogP) is 4.65. The molecule has 192 valence electrons. The number of esters is 1. The number of rotatable bonds is 9. The Morgan fingerprint density at radius 3 is 2.27 bits per heavy atom. The van der Waals surface area contributed by atoms with Gasteiger partial charge in [-0.25, -0.2) is 10.2 Å². The van der Waals surface area contributed by atoms with Crippen molar-refractivity contribution in [3.05, 3.63) is 93.5 Å². The molecule has 1 amide bonds. The molecule has 0 aliphatic rings. The zero-order valence-corrected chi connectivity index (χ0v) is 20.9. The molecule has 10 heteroatoms. The maximum absolute atomic E-state index is 12.4. The first-order chi connectivity index (χ1) is 17.6. The number of amides is 1. The van der Waals surface area contributed by atoms with Crippen LogP contribution in [0, 0.1) is 10.1 Å². The number of ether oxygens (including phenoxy) is 3. The second kappa shape index (κ2) is 11.8. The molecule has 0 spiro atoms. The minimum atomic E-state index is -0.699. The third kappa shape index (κ3) is 7.63. The van der Waals surface area contributed by atoms with Gasteiger partial charge in [-0.05, 0) is 59.0 Å². The van der Waals surface area contributed by atoms with Crippen molar-refractivity contribution in [2.24, 2.45) is 5.10 Å². The average molecular weight is 506 g/mol. The molecule has 10 nitrogen and oxygen atoms in total. The van der Waals surface area contributed by atoms with E-state index in [0.29, 0.717) is 11.3 Å². The van der Waals surface area contributed by atoms with Crippen molar-refractivity contribution in [3.63, 3.8) is 0 Å². The molecule has 0 bridgehead atoms. The van der Waals surface area contributed by atoms with Gasteiger partial charge in [0.25, 0.3) is 11.6 Å². The highest BCUT2D eigenvalue weighted by Crippen LogP contribution is 2.29. The highest BCUT2D eigenvalue weighted by atomic mass is 16.6. The first-order valence-corrected chi connectivity index (χ1v) is 11.3. The summed E-state index contributed by atoms with van der Waals surface area (Å²) in [5.41, 5.74) is 4.17. The number of nitrogens with zero attached hydrogens (tertiary/aromatic N) is 2. The van der Waals surface area contributed by atoms with Crippen LogP contribution in [0.5, 0.6) is 17.2 Å². The number of hydrogen-bond acceptors (Lipinski definition) is 8. The fraction of sp³-hybridized carbons (Fsp3) is 0.222. The van der Waals surface area contributed by atoms with Crippen molar-refractivity contribution in [1.29, 1.82) is 0 Å². The van der Waals surface area contributed by atoms with Crippen LogP contribution in [0.15, 0.2) is 71.8 Å². The van der Waals surface area contributed by atoms with Crippen molar-refractivity contribution in [2.75, 3.05) is 13.7 Å². The average Bonchev–Trinajstić information content (AvgIpc) is 2.88. The third-order valence-corrected chi connectivity index (χ3v) is 5.20. The summed E-state index contributed by atoms with van der Waals surface area (Å²) < 4.78 is 16.1. The molecule has 0 fully saturated rings. The molecule has 0 aliphatic carbocycles. The molecule has 0 unspecified atom stereocenters. The van der Waals surface area contributed by atoms with E-state index in [2.05, 4.69) is 31.3 Å². The number of nitro groups is 1.